The van der Waals surface area contributed by atoms with Crippen molar-refractivity contribution in [3.05, 3.63) is 76.9 Å². The molecule has 2 aromatic carbocycles. The highest BCUT2D eigenvalue weighted by molar-refractivity contribution is 6.31. The predicted octanol–water partition coefficient (Wildman–Crippen LogP) is 5.55. The molecule has 0 bridgehead atoms. The third-order valence-electron chi connectivity index (χ3n) is 3.41. The van der Waals surface area contributed by atoms with Crippen LogP contribution in [0.3, 0.4) is 0 Å². The molecule has 0 saturated carbocycles. The van der Waals surface area contributed by atoms with Crippen molar-refractivity contribution >= 4 is 34.9 Å². The van der Waals surface area contributed by atoms with E-state index in [0.717, 1.165) is 0 Å². The van der Waals surface area contributed by atoms with Gasteiger partial charge in [-0.2, -0.15) is 13.2 Å². The number of carbonyl (C=O) groups is 2. The minimum atomic E-state index is -5.10. The molecule has 32 heavy (non-hydrogen) atoms. The lowest BCUT2D eigenvalue weighted by Crippen LogP contribution is -2.19. The Morgan fingerprint density at radius 3 is 2.38 bits per heavy atom. The molecule has 0 spiro atoms. The quantitative estimate of drug-likeness (QED) is 0.453. The standard InChI is InChI=1S/C21H16ClF3N4O3/c1-26-19(30)18-11-15(8-9-27-18)32-14-5-2-12(3-6-14)28-20(31)29-13-4-7-17(22)16(10-13)21(23,24)25/h2-11H,1H3,(H,26,30)(H2,28,29,31)/i2D,3D,4D,5D,6D,8D,9D,10D,11D. The van der Waals surface area contributed by atoms with E-state index < -0.39 is 112 Å². The fraction of sp³-hybridized carbons (Fsp3) is 0.0952. The molecular weight excluding hydrogens is 449 g/mol. The lowest BCUT2D eigenvalue weighted by Gasteiger charge is -2.12. The molecule has 1 aromatic heterocycles. The van der Waals surface area contributed by atoms with Gasteiger partial charge < -0.3 is 20.7 Å². The van der Waals surface area contributed by atoms with Crippen LogP contribution in [0.25, 0.3) is 0 Å². The van der Waals surface area contributed by atoms with Crippen LogP contribution in [0.2, 0.25) is 5.02 Å². The van der Waals surface area contributed by atoms with Crippen LogP contribution in [0.15, 0.2) is 60.6 Å². The number of benzene rings is 2. The summed E-state index contributed by atoms with van der Waals surface area (Å²) in [5, 5.41) is 4.99. The number of pyridine rings is 1. The van der Waals surface area contributed by atoms with E-state index in [0.29, 0.717) is 6.07 Å². The predicted molar refractivity (Wildman–Crippen MR) is 113 cm³/mol. The van der Waals surface area contributed by atoms with Crippen LogP contribution in [0, 0.1) is 0 Å². The van der Waals surface area contributed by atoms with Crippen LogP contribution < -0.4 is 20.7 Å². The zero-order valence-electron chi connectivity index (χ0n) is 24.8. The van der Waals surface area contributed by atoms with Crippen molar-refractivity contribution in [3.63, 3.8) is 0 Å². The Morgan fingerprint density at radius 1 is 1.03 bits per heavy atom. The van der Waals surface area contributed by atoms with Crippen molar-refractivity contribution in [1.82, 2.24) is 10.3 Å². The van der Waals surface area contributed by atoms with Crippen LogP contribution >= 0.6 is 11.6 Å². The molecule has 3 rings (SSSR count). The summed E-state index contributed by atoms with van der Waals surface area (Å²) in [7, 11) is 1.21. The number of hydrogen-bond acceptors (Lipinski definition) is 4. The van der Waals surface area contributed by atoms with E-state index in [1.165, 1.54) is 7.05 Å². The van der Waals surface area contributed by atoms with E-state index >= 15 is 0 Å². The lowest BCUT2D eigenvalue weighted by molar-refractivity contribution is -0.137. The van der Waals surface area contributed by atoms with Gasteiger partial charge >= 0.3 is 12.2 Å². The van der Waals surface area contributed by atoms with Crippen molar-refractivity contribution in [2.24, 2.45) is 0 Å². The minimum Gasteiger partial charge on any atom is -0.457 e. The fourth-order valence-corrected chi connectivity index (χ4v) is 2.26. The molecule has 0 fully saturated rings. The van der Waals surface area contributed by atoms with Gasteiger partial charge in [-0.3, -0.25) is 9.78 Å². The molecule has 0 aliphatic rings. The molecule has 7 nitrogen and oxygen atoms in total. The van der Waals surface area contributed by atoms with Gasteiger partial charge in [0.2, 0.25) is 0 Å². The van der Waals surface area contributed by atoms with Crippen LogP contribution in [0.1, 0.15) is 28.4 Å². The first kappa shape index (κ1) is 13.6. The third-order valence-corrected chi connectivity index (χ3v) is 3.71. The summed E-state index contributed by atoms with van der Waals surface area (Å²) in [5.74, 6) is -2.54. The fourth-order valence-electron chi connectivity index (χ4n) is 2.06. The number of hydrogen-bond donors (Lipinski definition) is 3. The van der Waals surface area contributed by atoms with Gasteiger partial charge in [-0.15, -0.1) is 0 Å². The highest BCUT2D eigenvalue weighted by atomic mass is 35.5. The second-order valence-corrected chi connectivity index (χ2v) is 6.03. The molecule has 0 radical (unpaired) electrons. The average molecular weight is 474 g/mol. The van der Waals surface area contributed by atoms with Crippen molar-refractivity contribution in [2.45, 2.75) is 6.18 Å². The zero-order chi connectivity index (χ0) is 31.1. The van der Waals surface area contributed by atoms with E-state index in [2.05, 4.69) is 10.3 Å². The van der Waals surface area contributed by atoms with Crippen LogP contribution in [-0.2, 0) is 6.18 Å². The molecule has 3 N–H and O–H groups in total. The first-order valence-corrected chi connectivity index (χ1v) is 8.72. The first-order valence-electron chi connectivity index (χ1n) is 12.8. The number of alkyl halides is 3. The SMILES string of the molecule is [2H]c1cc(Cl)c(C(F)(F)F)c([2H])c1NC(=O)Nc1c([2H])c([2H])c(Oc2c([2H])c([2H])nc(C(=O)NC)c2[2H])c([2H])c1[2H]. The maximum Gasteiger partial charge on any atom is 0.417 e. The number of rotatable bonds is 5. The molecule has 166 valence electrons. The summed E-state index contributed by atoms with van der Waals surface area (Å²) >= 11 is 5.52. The molecule has 0 aliphatic heterocycles. The molecule has 0 atom stereocenters. The number of halogens is 4. The van der Waals surface area contributed by atoms with Gasteiger partial charge in [-0.05, 0) is 48.4 Å². The number of urea groups is 1. The first-order chi connectivity index (χ1) is 18.9. The summed E-state index contributed by atoms with van der Waals surface area (Å²) in [4.78, 5) is 28.1. The normalized spacial score (nSPS) is 14.8. The van der Waals surface area contributed by atoms with E-state index in [1.54, 1.807) is 0 Å². The zero-order valence-corrected chi connectivity index (χ0v) is 16.5. The highest BCUT2D eigenvalue weighted by Crippen LogP contribution is 2.36. The second-order valence-electron chi connectivity index (χ2n) is 5.63. The van der Waals surface area contributed by atoms with E-state index in [1.807, 2.05) is 10.6 Å². The summed E-state index contributed by atoms with van der Waals surface area (Å²) in [6, 6.07) is -8.33. The second kappa shape index (κ2) is 9.56. The summed E-state index contributed by atoms with van der Waals surface area (Å²) in [6.45, 7) is 0. The number of anilines is 2. The molecular formula is C21H16ClF3N4O3. The summed E-state index contributed by atoms with van der Waals surface area (Å²) < 4.78 is 117. The maximum atomic E-state index is 13.3. The Kier molecular flexibility index (Phi) is 4.06. The van der Waals surface area contributed by atoms with Gasteiger partial charge in [0.15, 0.2) is 0 Å². The van der Waals surface area contributed by atoms with Gasteiger partial charge in [0.25, 0.3) is 5.91 Å². The van der Waals surface area contributed by atoms with E-state index in [4.69, 9.17) is 28.7 Å². The number of aromatic nitrogens is 1. The Balaban J connectivity index is 2.02. The van der Waals surface area contributed by atoms with E-state index in [9.17, 15) is 22.8 Å². The van der Waals surface area contributed by atoms with Crippen molar-refractivity contribution in [3.8, 4) is 11.5 Å². The summed E-state index contributed by atoms with van der Waals surface area (Å²) in [6.07, 6.45) is -5.89. The molecule has 0 unspecified atom stereocenters. The van der Waals surface area contributed by atoms with E-state index in [-0.39, 0.29) is 0 Å². The molecule has 3 amide bonds. The van der Waals surface area contributed by atoms with Gasteiger partial charge in [-0.25, -0.2) is 4.79 Å². The number of carbonyl (C=O) groups excluding carboxylic acids is 2. The van der Waals surface area contributed by atoms with Gasteiger partial charge in [0.1, 0.15) is 17.2 Å². The Bertz CT molecular complexity index is 1580. The number of nitrogens with one attached hydrogen (secondary N) is 3. The monoisotopic (exact) mass is 473 g/mol. The largest absolute Gasteiger partial charge is 0.457 e. The smallest absolute Gasteiger partial charge is 0.417 e. The lowest BCUT2D eigenvalue weighted by atomic mass is 10.2. The van der Waals surface area contributed by atoms with Gasteiger partial charge in [-0.1, -0.05) is 11.6 Å². The number of ether oxygens (including phenoxy) is 1. The Hall–Kier alpha value is -3.79. The van der Waals surface area contributed by atoms with Crippen LogP contribution in [0.4, 0.5) is 29.3 Å². The number of nitrogens with zero attached hydrogens (tertiary/aromatic N) is 1. The van der Waals surface area contributed by atoms with Gasteiger partial charge in [0, 0.05) is 30.6 Å². The van der Waals surface area contributed by atoms with Crippen molar-refractivity contribution in [1.29, 1.82) is 0 Å². The highest BCUT2D eigenvalue weighted by Gasteiger charge is 2.33. The average Bonchev–Trinajstić information content (AvgIpc) is 2.88. The molecule has 11 heteroatoms. The Labute approximate surface area is 198 Å². The molecule has 0 aliphatic carbocycles. The molecule has 1 heterocycles. The topological polar surface area (TPSA) is 92.3 Å². The molecule has 3 aromatic rings. The van der Waals surface area contributed by atoms with Crippen LogP contribution in [0.5, 0.6) is 11.5 Å². The summed E-state index contributed by atoms with van der Waals surface area (Å²) in [5.41, 5.74) is -3.93. The third kappa shape index (κ3) is 5.88. The number of amides is 3. The maximum absolute atomic E-state index is 13.3. The Morgan fingerprint density at radius 2 is 1.72 bits per heavy atom. The van der Waals surface area contributed by atoms with Gasteiger partial charge in [0.05, 0.1) is 22.9 Å². The van der Waals surface area contributed by atoms with Crippen molar-refractivity contribution < 1.29 is 39.8 Å². The van der Waals surface area contributed by atoms with Crippen LogP contribution in [-0.4, -0.2) is 24.0 Å². The molecule has 0 saturated heterocycles. The minimum absolute atomic E-state index is 0.553. The van der Waals surface area contributed by atoms with Crippen molar-refractivity contribution in [2.75, 3.05) is 17.7 Å².